The van der Waals surface area contributed by atoms with Gasteiger partial charge in [0.05, 0.1) is 36.8 Å². The summed E-state index contributed by atoms with van der Waals surface area (Å²) in [6.45, 7) is -1.52. The molecule has 0 saturated heterocycles. The van der Waals surface area contributed by atoms with Crippen LogP contribution in [-0.2, 0) is 14.3 Å². The highest BCUT2D eigenvalue weighted by atomic mass is 35.5. The van der Waals surface area contributed by atoms with E-state index in [1.165, 1.54) is 18.2 Å². The summed E-state index contributed by atoms with van der Waals surface area (Å²) in [5.74, 6) is -3.39. The van der Waals surface area contributed by atoms with Gasteiger partial charge in [-0.15, -0.1) is 0 Å². The number of fused-ring (bicyclic) bond motifs is 1. The molecular formula is C18H10Cl3N3O7. The summed E-state index contributed by atoms with van der Waals surface area (Å²) in [5.41, 5.74) is -0.371. The number of nitrogens with zero attached hydrogens (tertiary/aromatic N) is 2. The lowest BCUT2D eigenvalue weighted by Gasteiger charge is -2.13. The van der Waals surface area contributed by atoms with Crippen molar-refractivity contribution in [3.05, 3.63) is 66.6 Å². The number of benzene rings is 2. The molecule has 13 heteroatoms. The fourth-order valence-corrected chi connectivity index (χ4v) is 3.15. The first-order valence-corrected chi connectivity index (χ1v) is 9.46. The maximum absolute atomic E-state index is 12.4. The van der Waals surface area contributed by atoms with Crippen molar-refractivity contribution >= 4 is 69.9 Å². The number of hydrogen-bond donors (Lipinski definition) is 1. The average molecular weight is 487 g/mol. The van der Waals surface area contributed by atoms with Crippen molar-refractivity contribution in [1.82, 2.24) is 4.90 Å². The van der Waals surface area contributed by atoms with Crippen molar-refractivity contribution in [2.45, 2.75) is 0 Å². The minimum Gasteiger partial charge on any atom is -0.454 e. The van der Waals surface area contributed by atoms with E-state index in [0.29, 0.717) is 4.90 Å². The molecule has 31 heavy (non-hydrogen) atoms. The number of anilines is 1. The zero-order chi connectivity index (χ0) is 22.9. The number of non-ortho nitro benzene ring substituents is 1. The smallest absolute Gasteiger partial charge is 0.326 e. The molecule has 1 N–H and O–H groups in total. The summed E-state index contributed by atoms with van der Waals surface area (Å²) in [6.07, 6.45) is 0. The molecule has 10 nitrogen and oxygen atoms in total. The molecule has 3 rings (SSSR count). The highest BCUT2D eigenvalue weighted by Crippen LogP contribution is 2.31. The van der Waals surface area contributed by atoms with E-state index in [-0.39, 0.29) is 37.6 Å². The van der Waals surface area contributed by atoms with Gasteiger partial charge in [-0.05, 0) is 18.2 Å². The molecule has 0 atom stereocenters. The number of nitro groups is 1. The van der Waals surface area contributed by atoms with Crippen LogP contribution in [0.3, 0.4) is 0 Å². The number of ether oxygens (including phenoxy) is 1. The van der Waals surface area contributed by atoms with Crippen LogP contribution in [0.5, 0.6) is 0 Å². The first-order chi connectivity index (χ1) is 14.6. The van der Waals surface area contributed by atoms with Gasteiger partial charge in [-0.3, -0.25) is 34.2 Å². The summed E-state index contributed by atoms with van der Waals surface area (Å²) in [7, 11) is 0. The lowest BCUT2D eigenvalue weighted by Crippen LogP contribution is -2.36. The van der Waals surface area contributed by atoms with Crippen molar-refractivity contribution in [2.75, 3.05) is 18.5 Å². The predicted molar refractivity (Wildman–Crippen MR) is 110 cm³/mol. The zero-order valence-corrected chi connectivity index (χ0v) is 17.5. The highest BCUT2D eigenvalue weighted by Gasteiger charge is 2.37. The predicted octanol–water partition coefficient (Wildman–Crippen LogP) is 3.33. The first kappa shape index (κ1) is 22.5. The standard InChI is InChI=1S/C18H10Cl3N3O7/c19-11-2-1-8(24(29)30)3-14(11)22-15(25)7-31-16(26)6-23-17(27)9-4-12(20)13(21)5-10(9)18(23)28/h1-5H,6-7H2,(H,22,25). The number of rotatable bonds is 6. The van der Waals surface area contributed by atoms with Gasteiger partial charge in [-0.1, -0.05) is 34.8 Å². The Bertz CT molecular complexity index is 1110. The van der Waals surface area contributed by atoms with E-state index in [0.717, 1.165) is 12.1 Å². The Morgan fingerprint density at radius 1 is 1.00 bits per heavy atom. The van der Waals surface area contributed by atoms with Crippen molar-refractivity contribution in [1.29, 1.82) is 0 Å². The molecule has 0 bridgehead atoms. The van der Waals surface area contributed by atoms with E-state index in [1.54, 1.807) is 0 Å². The van der Waals surface area contributed by atoms with Crippen LogP contribution in [0.2, 0.25) is 15.1 Å². The SMILES string of the molecule is O=C(COC(=O)CN1C(=O)c2cc(Cl)c(Cl)cc2C1=O)Nc1cc([N+](=O)[O-])ccc1Cl. The van der Waals surface area contributed by atoms with Crippen molar-refractivity contribution in [2.24, 2.45) is 0 Å². The number of carbonyl (C=O) groups is 4. The minimum absolute atomic E-state index is 0.00902. The van der Waals surface area contributed by atoms with Crippen LogP contribution in [0.4, 0.5) is 11.4 Å². The molecule has 1 aliphatic rings. The molecule has 0 aliphatic carbocycles. The molecule has 0 radical (unpaired) electrons. The summed E-state index contributed by atoms with van der Waals surface area (Å²) in [4.78, 5) is 59.5. The van der Waals surface area contributed by atoms with Gasteiger partial charge in [0.1, 0.15) is 6.54 Å². The van der Waals surface area contributed by atoms with E-state index in [2.05, 4.69) is 5.32 Å². The maximum Gasteiger partial charge on any atom is 0.326 e. The van der Waals surface area contributed by atoms with Gasteiger partial charge in [-0.2, -0.15) is 0 Å². The molecule has 1 heterocycles. The lowest BCUT2D eigenvalue weighted by molar-refractivity contribution is -0.384. The molecule has 0 aromatic heterocycles. The minimum atomic E-state index is -1.04. The molecule has 0 unspecified atom stereocenters. The molecule has 0 saturated carbocycles. The van der Waals surface area contributed by atoms with Gasteiger partial charge in [0.15, 0.2) is 6.61 Å². The van der Waals surface area contributed by atoms with Gasteiger partial charge in [0.2, 0.25) is 0 Å². The third kappa shape index (κ3) is 4.76. The number of nitro benzene ring substituents is 1. The van der Waals surface area contributed by atoms with Gasteiger partial charge >= 0.3 is 5.97 Å². The number of carbonyl (C=O) groups excluding carboxylic acids is 4. The fraction of sp³-hybridized carbons (Fsp3) is 0.111. The Morgan fingerprint density at radius 3 is 2.13 bits per heavy atom. The Labute approximate surface area is 188 Å². The number of amides is 3. The van der Waals surface area contributed by atoms with Crippen LogP contribution in [0.25, 0.3) is 0 Å². The van der Waals surface area contributed by atoms with E-state index < -0.39 is 41.8 Å². The van der Waals surface area contributed by atoms with E-state index in [9.17, 15) is 29.3 Å². The van der Waals surface area contributed by atoms with Crippen LogP contribution in [0.15, 0.2) is 30.3 Å². The average Bonchev–Trinajstić information content (AvgIpc) is 2.92. The van der Waals surface area contributed by atoms with Gasteiger partial charge in [0.25, 0.3) is 23.4 Å². The molecule has 3 amide bonds. The number of halogens is 3. The highest BCUT2D eigenvalue weighted by molar-refractivity contribution is 6.43. The summed E-state index contributed by atoms with van der Waals surface area (Å²) >= 11 is 17.6. The second kappa shape index (κ2) is 8.88. The van der Waals surface area contributed by atoms with Gasteiger partial charge in [-0.25, -0.2) is 0 Å². The maximum atomic E-state index is 12.4. The van der Waals surface area contributed by atoms with Crippen LogP contribution in [0, 0.1) is 10.1 Å². The van der Waals surface area contributed by atoms with Crippen LogP contribution < -0.4 is 5.32 Å². The quantitative estimate of drug-likeness (QED) is 0.286. The summed E-state index contributed by atoms with van der Waals surface area (Å²) in [5, 5.41) is 13.3. The van der Waals surface area contributed by atoms with Crippen LogP contribution in [0.1, 0.15) is 20.7 Å². The van der Waals surface area contributed by atoms with E-state index in [4.69, 9.17) is 39.5 Å². The third-order valence-electron chi connectivity index (χ3n) is 4.10. The zero-order valence-electron chi connectivity index (χ0n) is 15.2. The second-order valence-corrected chi connectivity index (χ2v) is 7.36. The normalized spacial score (nSPS) is 12.5. The monoisotopic (exact) mass is 485 g/mol. The lowest BCUT2D eigenvalue weighted by atomic mass is 10.1. The van der Waals surface area contributed by atoms with Crippen molar-refractivity contribution in [3.8, 4) is 0 Å². The molecule has 0 spiro atoms. The molecular weight excluding hydrogens is 477 g/mol. The first-order valence-electron chi connectivity index (χ1n) is 8.33. The largest absolute Gasteiger partial charge is 0.454 e. The van der Waals surface area contributed by atoms with Crippen molar-refractivity contribution < 1.29 is 28.8 Å². The third-order valence-corrected chi connectivity index (χ3v) is 5.15. The topological polar surface area (TPSA) is 136 Å². The second-order valence-electron chi connectivity index (χ2n) is 6.14. The van der Waals surface area contributed by atoms with E-state index >= 15 is 0 Å². The Hall–Kier alpha value is -3.21. The molecule has 2 aromatic rings. The summed E-state index contributed by atoms with van der Waals surface area (Å²) in [6, 6.07) is 5.86. The number of esters is 1. The summed E-state index contributed by atoms with van der Waals surface area (Å²) < 4.78 is 4.77. The molecule has 1 aliphatic heterocycles. The Morgan fingerprint density at radius 2 is 1.58 bits per heavy atom. The van der Waals surface area contributed by atoms with Crippen LogP contribution in [-0.4, -0.2) is 46.7 Å². The van der Waals surface area contributed by atoms with Crippen LogP contribution >= 0.6 is 34.8 Å². The molecule has 160 valence electrons. The Balaban J connectivity index is 1.59. The number of hydrogen-bond acceptors (Lipinski definition) is 7. The van der Waals surface area contributed by atoms with Gasteiger partial charge < -0.3 is 10.1 Å². The molecule has 0 fully saturated rings. The van der Waals surface area contributed by atoms with Gasteiger partial charge in [0, 0.05) is 12.1 Å². The fourth-order valence-electron chi connectivity index (χ4n) is 2.66. The Kier molecular flexibility index (Phi) is 6.44. The number of imide groups is 1. The van der Waals surface area contributed by atoms with E-state index in [1.807, 2.05) is 0 Å². The molecule has 2 aromatic carbocycles. The number of nitrogens with one attached hydrogen (secondary N) is 1. The van der Waals surface area contributed by atoms with Crippen molar-refractivity contribution in [3.63, 3.8) is 0 Å².